The quantitative estimate of drug-likeness (QED) is 0.805. The molecule has 0 amide bonds. The van der Waals surface area contributed by atoms with Gasteiger partial charge in [0.25, 0.3) is 0 Å². The van der Waals surface area contributed by atoms with Crippen molar-refractivity contribution in [3.05, 3.63) is 48.0 Å². The highest BCUT2D eigenvalue weighted by Gasteiger charge is 2.12. The lowest BCUT2D eigenvalue weighted by atomic mass is 9.94. The first-order valence-electron chi connectivity index (χ1n) is 6.87. The third-order valence-corrected chi connectivity index (χ3v) is 3.57. The first-order valence-corrected chi connectivity index (χ1v) is 6.87. The number of hydrogen-bond acceptors (Lipinski definition) is 1. The van der Waals surface area contributed by atoms with E-state index in [0.717, 1.165) is 12.0 Å². The molecule has 96 valence electrons. The van der Waals surface area contributed by atoms with Crippen LogP contribution in [0.3, 0.4) is 0 Å². The molecule has 0 aromatic heterocycles. The summed E-state index contributed by atoms with van der Waals surface area (Å²) in [5, 5.41) is 12.7. The van der Waals surface area contributed by atoms with Gasteiger partial charge in [-0.3, -0.25) is 0 Å². The maximum atomic E-state index is 10.3. The van der Waals surface area contributed by atoms with Crippen LogP contribution in [0.15, 0.2) is 42.5 Å². The van der Waals surface area contributed by atoms with E-state index >= 15 is 0 Å². The maximum absolute atomic E-state index is 10.3. The van der Waals surface area contributed by atoms with E-state index in [-0.39, 0.29) is 6.10 Å². The van der Waals surface area contributed by atoms with E-state index < -0.39 is 0 Å². The van der Waals surface area contributed by atoms with Crippen LogP contribution in [0.2, 0.25) is 0 Å². The summed E-state index contributed by atoms with van der Waals surface area (Å²) in [5.41, 5.74) is 1.04. The normalized spacial score (nSPS) is 14.6. The van der Waals surface area contributed by atoms with Crippen LogP contribution in [0.5, 0.6) is 0 Å². The van der Waals surface area contributed by atoms with Gasteiger partial charge < -0.3 is 5.11 Å². The van der Waals surface area contributed by atoms with Gasteiger partial charge >= 0.3 is 0 Å². The van der Waals surface area contributed by atoms with Crippen molar-refractivity contribution < 1.29 is 5.11 Å². The van der Waals surface area contributed by atoms with Crippen LogP contribution < -0.4 is 0 Å². The number of benzene rings is 2. The fraction of sp³-hybridized carbons (Fsp3) is 0.412. The highest BCUT2D eigenvalue weighted by molar-refractivity contribution is 5.83. The summed E-state index contributed by atoms with van der Waals surface area (Å²) in [6, 6.07) is 14.5. The second-order valence-electron chi connectivity index (χ2n) is 5.25. The molecule has 2 aromatic rings. The molecule has 1 heteroatoms. The van der Waals surface area contributed by atoms with E-state index in [1.165, 1.54) is 23.6 Å². The van der Waals surface area contributed by atoms with Gasteiger partial charge in [0.2, 0.25) is 0 Å². The Kier molecular flexibility index (Phi) is 4.38. The van der Waals surface area contributed by atoms with Gasteiger partial charge in [0.1, 0.15) is 0 Å². The van der Waals surface area contributed by atoms with Crippen molar-refractivity contribution in [2.45, 2.75) is 39.2 Å². The third kappa shape index (κ3) is 3.11. The Morgan fingerprint density at radius 2 is 1.78 bits per heavy atom. The van der Waals surface area contributed by atoms with Gasteiger partial charge in [-0.1, -0.05) is 63.1 Å². The Labute approximate surface area is 109 Å². The van der Waals surface area contributed by atoms with E-state index in [1.807, 2.05) is 18.2 Å². The molecule has 0 radical (unpaired) electrons. The van der Waals surface area contributed by atoms with Crippen LogP contribution in [0.25, 0.3) is 10.8 Å². The zero-order valence-corrected chi connectivity index (χ0v) is 11.3. The van der Waals surface area contributed by atoms with E-state index in [4.69, 9.17) is 0 Å². The first kappa shape index (κ1) is 13.1. The Bertz CT molecular complexity index is 504. The lowest BCUT2D eigenvalue weighted by Crippen LogP contribution is -2.04. The Hall–Kier alpha value is -1.34. The standard InChI is InChI=1S/C17H22O/c1-3-6-13(2)11-17(18)16-10-9-14-7-4-5-8-15(14)12-16/h4-5,7-10,12-13,17-18H,3,6,11H2,1-2H3. The average molecular weight is 242 g/mol. The fourth-order valence-electron chi connectivity index (χ4n) is 2.54. The number of rotatable bonds is 5. The molecule has 0 aliphatic carbocycles. The second-order valence-corrected chi connectivity index (χ2v) is 5.25. The van der Waals surface area contributed by atoms with Gasteiger partial charge in [0, 0.05) is 0 Å². The van der Waals surface area contributed by atoms with Crippen LogP contribution in [-0.2, 0) is 0 Å². The summed E-state index contributed by atoms with van der Waals surface area (Å²) >= 11 is 0. The van der Waals surface area contributed by atoms with Crippen LogP contribution >= 0.6 is 0 Å². The molecule has 2 rings (SSSR count). The molecule has 2 unspecified atom stereocenters. The fourth-order valence-corrected chi connectivity index (χ4v) is 2.54. The Morgan fingerprint density at radius 1 is 1.06 bits per heavy atom. The van der Waals surface area contributed by atoms with Gasteiger partial charge in [0.05, 0.1) is 6.10 Å². The van der Waals surface area contributed by atoms with Crippen LogP contribution in [0.4, 0.5) is 0 Å². The van der Waals surface area contributed by atoms with Crippen LogP contribution in [0, 0.1) is 5.92 Å². The molecule has 0 fully saturated rings. The number of aliphatic hydroxyl groups is 1. The summed E-state index contributed by atoms with van der Waals surface area (Å²) in [6.45, 7) is 4.41. The maximum Gasteiger partial charge on any atom is 0.0792 e. The average Bonchev–Trinajstić information content (AvgIpc) is 2.38. The third-order valence-electron chi connectivity index (χ3n) is 3.57. The van der Waals surface area contributed by atoms with Crippen molar-refractivity contribution in [1.29, 1.82) is 0 Å². The largest absolute Gasteiger partial charge is 0.388 e. The van der Waals surface area contributed by atoms with Crippen molar-refractivity contribution in [2.75, 3.05) is 0 Å². The van der Waals surface area contributed by atoms with E-state index in [9.17, 15) is 5.11 Å². The second kappa shape index (κ2) is 6.01. The SMILES string of the molecule is CCCC(C)CC(O)c1ccc2ccccc2c1. The molecule has 0 spiro atoms. The summed E-state index contributed by atoms with van der Waals surface area (Å²) in [7, 11) is 0. The van der Waals surface area contributed by atoms with Gasteiger partial charge in [-0.25, -0.2) is 0 Å². The van der Waals surface area contributed by atoms with Gasteiger partial charge in [-0.15, -0.1) is 0 Å². The molecule has 0 saturated carbocycles. The molecule has 1 nitrogen and oxygen atoms in total. The van der Waals surface area contributed by atoms with Crippen molar-refractivity contribution in [3.8, 4) is 0 Å². The van der Waals surface area contributed by atoms with Crippen molar-refractivity contribution in [3.63, 3.8) is 0 Å². The molecule has 0 aliphatic heterocycles. The molecular formula is C17H22O. The van der Waals surface area contributed by atoms with Gasteiger partial charge in [-0.05, 0) is 34.7 Å². The number of fused-ring (bicyclic) bond motifs is 1. The van der Waals surface area contributed by atoms with E-state index in [1.54, 1.807) is 0 Å². The topological polar surface area (TPSA) is 20.2 Å². The summed E-state index contributed by atoms with van der Waals surface area (Å²) in [5.74, 6) is 0.580. The zero-order valence-electron chi connectivity index (χ0n) is 11.3. The predicted octanol–water partition coefficient (Wildman–Crippen LogP) is 4.70. The minimum absolute atomic E-state index is 0.337. The Morgan fingerprint density at radius 3 is 2.50 bits per heavy atom. The van der Waals surface area contributed by atoms with Crippen molar-refractivity contribution in [2.24, 2.45) is 5.92 Å². The molecule has 2 atom stereocenters. The van der Waals surface area contributed by atoms with Gasteiger partial charge in [0.15, 0.2) is 0 Å². The minimum Gasteiger partial charge on any atom is -0.388 e. The van der Waals surface area contributed by atoms with E-state index in [0.29, 0.717) is 5.92 Å². The minimum atomic E-state index is -0.337. The molecule has 0 heterocycles. The lowest BCUT2D eigenvalue weighted by molar-refractivity contribution is 0.145. The summed E-state index contributed by atoms with van der Waals surface area (Å²) < 4.78 is 0. The van der Waals surface area contributed by atoms with Crippen LogP contribution in [0.1, 0.15) is 44.8 Å². The first-order chi connectivity index (χ1) is 8.70. The number of aliphatic hydroxyl groups excluding tert-OH is 1. The molecule has 1 N–H and O–H groups in total. The molecule has 2 aromatic carbocycles. The summed E-state index contributed by atoms with van der Waals surface area (Å²) in [4.78, 5) is 0. The highest BCUT2D eigenvalue weighted by Crippen LogP contribution is 2.26. The van der Waals surface area contributed by atoms with Gasteiger partial charge in [-0.2, -0.15) is 0 Å². The molecular weight excluding hydrogens is 220 g/mol. The highest BCUT2D eigenvalue weighted by atomic mass is 16.3. The molecule has 0 saturated heterocycles. The smallest absolute Gasteiger partial charge is 0.0792 e. The number of hydrogen-bond donors (Lipinski definition) is 1. The van der Waals surface area contributed by atoms with Crippen molar-refractivity contribution in [1.82, 2.24) is 0 Å². The zero-order chi connectivity index (χ0) is 13.0. The Balaban J connectivity index is 2.15. The molecule has 18 heavy (non-hydrogen) atoms. The lowest BCUT2D eigenvalue weighted by Gasteiger charge is -2.16. The predicted molar refractivity (Wildman–Crippen MR) is 77.6 cm³/mol. The summed E-state index contributed by atoms with van der Waals surface area (Å²) in [6.07, 6.45) is 2.89. The van der Waals surface area contributed by atoms with E-state index in [2.05, 4.69) is 38.1 Å². The van der Waals surface area contributed by atoms with Crippen molar-refractivity contribution >= 4 is 10.8 Å². The molecule has 0 bridgehead atoms. The van der Waals surface area contributed by atoms with Crippen LogP contribution in [-0.4, -0.2) is 5.11 Å². The monoisotopic (exact) mass is 242 g/mol. The molecule has 0 aliphatic rings.